The van der Waals surface area contributed by atoms with Crippen LogP contribution < -0.4 is 5.32 Å². The van der Waals surface area contributed by atoms with Crippen LogP contribution in [0.2, 0.25) is 5.02 Å². The molecule has 1 N–H and O–H groups in total. The molecule has 2 amide bonds. The molecule has 1 aliphatic carbocycles. The molecule has 0 aliphatic heterocycles. The summed E-state index contributed by atoms with van der Waals surface area (Å²) in [6, 6.07) is 8.25. The van der Waals surface area contributed by atoms with Gasteiger partial charge in [0.05, 0.1) is 0 Å². The first-order valence-corrected chi connectivity index (χ1v) is 11.7. The fourth-order valence-electron chi connectivity index (χ4n) is 4.06. The maximum absolute atomic E-state index is 13.7. The van der Waals surface area contributed by atoms with Crippen molar-refractivity contribution in [2.24, 2.45) is 0 Å². The summed E-state index contributed by atoms with van der Waals surface area (Å²) in [5.41, 5.74) is 0.926. The predicted octanol–water partition coefficient (Wildman–Crippen LogP) is 5.77. The number of amides is 2. The zero-order chi connectivity index (χ0) is 23.1. The van der Waals surface area contributed by atoms with Crippen LogP contribution in [0.3, 0.4) is 0 Å². The van der Waals surface area contributed by atoms with Gasteiger partial charge < -0.3 is 10.2 Å². The molecule has 1 saturated carbocycles. The predicted molar refractivity (Wildman–Crippen MR) is 121 cm³/mol. The Labute approximate surface area is 196 Å². The number of rotatable bonds is 7. The van der Waals surface area contributed by atoms with Gasteiger partial charge in [-0.05, 0) is 42.7 Å². The van der Waals surface area contributed by atoms with E-state index in [9.17, 15) is 18.4 Å². The Bertz CT molecular complexity index is 932. The van der Waals surface area contributed by atoms with Crippen LogP contribution in [-0.2, 0) is 16.1 Å². The third-order valence-corrected chi connectivity index (χ3v) is 6.28. The third kappa shape index (κ3) is 6.42. The minimum atomic E-state index is -1.11. The lowest BCUT2D eigenvalue weighted by atomic mass is 10.0. The quantitative estimate of drug-likeness (QED) is 0.402. The second kappa shape index (κ2) is 11.6. The fraction of sp³-hybridized carbons (Fsp3) is 0.417. The zero-order valence-electron chi connectivity index (χ0n) is 17.6. The number of alkyl halides is 1. The summed E-state index contributed by atoms with van der Waals surface area (Å²) in [6.45, 7) is 0.0162. The van der Waals surface area contributed by atoms with E-state index < -0.39 is 29.5 Å². The highest BCUT2D eigenvalue weighted by molar-refractivity contribution is 6.31. The van der Waals surface area contributed by atoms with Crippen molar-refractivity contribution in [2.75, 3.05) is 5.88 Å². The van der Waals surface area contributed by atoms with E-state index in [4.69, 9.17) is 23.2 Å². The van der Waals surface area contributed by atoms with E-state index in [0.29, 0.717) is 11.1 Å². The number of benzene rings is 2. The highest BCUT2D eigenvalue weighted by atomic mass is 35.5. The number of carbonyl (C=O) groups is 2. The summed E-state index contributed by atoms with van der Waals surface area (Å²) in [6.07, 6.45) is 6.01. The number of halogens is 4. The second-order valence-corrected chi connectivity index (χ2v) is 8.72. The van der Waals surface area contributed by atoms with E-state index in [1.807, 2.05) is 0 Å². The Morgan fingerprint density at radius 1 is 1.00 bits per heavy atom. The van der Waals surface area contributed by atoms with Crippen molar-refractivity contribution in [1.29, 1.82) is 0 Å². The molecule has 1 fully saturated rings. The van der Waals surface area contributed by atoms with Gasteiger partial charge in [-0.25, -0.2) is 8.78 Å². The SMILES string of the molecule is O=C(NC1CCCCCC1)[C@H](c1ccc(F)cc1Cl)N(Cc1ccc(F)cc1)C(=O)CCl. The molecule has 0 unspecified atom stereocenters. The Hall–Kier alpha value is -2.18. The van der Waals surface area contributed by atoms with Gasteiger partial charge in [0.15, 0.2) is 0 Å². The maximum atomic E-state index is 13.7. The average Bonchev–Trinajstić information content (AvgIpc) is 3.04. The lowest BCUT2D eigenvalue weighted by Gasteiger charge is -2.33. The van der Waals surface area contributed by atoms with Gasteiger partial charge >= 0.3 is 0 Å². The molecule has 8 heteroatoms. The van der Waals surface area contributed by atoms with Crippen LogP contribution in [0.5, 0.6) is 0 Å². The van der Waals surface area contributed by atoms with Crippen molar-refractivity contribution in [2.45, 2.75) is 57.2 Å². The summed E-state index contributed by atoms with van der Waals surface area (Å²) in [5, 5.41) is 3.10. The fourth-order valence-corrected chi connectivity index (χ4v) is 4.49. The van der Waals surface area contributed by atoms with Crippen molar-refractivity contribution < 1.29 is 18.4 Å². The van der Waals surface area contributed by atoms with Crippen LogP contribution in [0, 0.1) is 11.6 Å². The lowest BCUT2D eigenvalue weighted by molar-refractivity contribution is -0.140. The van der Waals surface area contributed by atoms with Crippen LogP contribution in [0.1, 0.15) is 55.7 Å². The first-order chi connectivity index (χ1) is 15.4. The second-order valence-electron chi connectivity index (χ2n) is 8.05. The molecule has 0 saturated heterocycles. The lowest BCUT2D eigenvalue weighted by Crippen LogP contribution is -2.46. The molecule has 4 nitrogen and oxygen atoms in total. The number of hydrogen-bond donors (Lipinski definition) is 1. The van der Waals surface area contributed by atoms with E-state index in [2.05, 4.69) is 5.32 Å². The molecule has 172 valence electrons. The Balaban J connectivity index is 1.97. The van der Waals surface area contributed by atoms with Crippen molar-refractivity contribution in [3.63, 3.8) is 0 Å². The van der Waals surface area contributed by atoms with Crippen molar-refractivity contribution in [1.82, 2.24) is 10.2 Å². The molecule has 0 radical (unpaired) electrons. The summed E-state index contributed by atoms with van der Waals surface area (Å²) >= 11 is 12.2. The standard InChI is InChI=1S/C24H26Cl2F2N2O2/c25-14-22(31)30(15-16-7-9-17(27)10-8-16)23(20-12-11-18(28)13-21(20)26)24(32)29-19-5-3-1-2-4-6-19/h7-13,19,23H,1-6,14-15H2,(H,29,32)/t23-/m0/s1. The highest BCUT2D eigenvalue weighted by Gasteiger charge is 2.34. The molecule has 32 heavy (non-hydrogen) atoms. The number of carbonyl (C=O) groups excluding carboxylic acids is 2. The van der Waals surface area contributed by atoms with E-state index in [-0.39, 0.29) is 23.5 Å². The molecule has 1 aliphatic rings. The number of nitrogens with zero attached hydrogens (tertiary/aromatic N) is 1. The van der Waals surface area contributed by atoms with E-state index >= 15 is 0 Å². The molecule has 3 rings (SSSR count). The van der Waals surface area contributed by atoms with Gasteiger partial charge in [-0.3, -0.25) is 9.59 Å². The molecule has 1 atom stereocenters. The van der Waals surface area contributed by atoms with Gasteiger partial charge in [-0.15, -0.1) is 11.6 Å². The molecule has 2 aromatic rings. The monoisotopic (exact) mass is 482 g/mol. The van der Waals surface area contributed by atoms with Crippen LogP contribution in [0.25, 0.3) is 0 Å². The van der Waals surface area contributed by atoms with Gasteiger partial charge in [0.2, 0.25) is 11.8 Å². The third-order valence-electron chi connectivity index (χ3n) is 5.72. The van der Waals surface area contributed by atoms with Crippen molar-refractivity contribution >= 4 is 35.0 Å². The first kappa shape index (κ1) is 24.5. The normalized spacial score (nSPS) is 15.6. The molecule has 0 heterocycles. The molecule has 0 aromatic heterocycles. The summed E-state index contributed by atoms with van der Waals surface area (Å²) in [7, 11) is 0. The molecular weight excluding hydrogens is 457 g/mol. The van der Waals surface area contributed by atoms with Crippen LogP contribution >= 0.6 is 23.2 Å². The van der Waals surface area contributed by atoms with Crippen LogP contribution in [0.4, 0.5) is 8.78 Å². The largest absolute Gasteiger partial charge is 0.351 e. The Kier molecular flexibility index (Phi) is 8.88. The Morgan fingerprint density at radius 3 is 2.22 bits per heavy atom. The average molecular weight is 483 g/mol. The van der Waals surface area contributed by atoms with Gasteiger partial charge in [-0.1, -0.05) is 55.5 Å². The summed E-state index contributed by atoms with van der Waals surface area (Å²) in [5.74, 6) is -2.19. The molecule has 0 bridgehead atoms. The first-order valence-electron chi connectivity index (χ1n) is 10.7. The van der Waals surface area contributed by atoms with E-state index in [1.165, 1.54) is 41.3 Å². The minimum absolute atomic E-state index is 0.00880. The smallest absolute Gasteiger partial charge is 0.247 e. The highest BCUT2D eigenvalue weighted by Crippen LogP contribution is 2.31. The van der Waals surface area contributed by atoms with Gasteiger partial charge in [0.1, 0.15) is 23.6 Å². The minimum Gasteiger partial charge on any atom is -0.351 e. The van der Waals surface area contributed by atoms with Crippen molar-refractivity contribution in [3.05, 3.63) is 70.2 Å². The molecular formula is C24H26Cl2F2N2O2. The Morgan fingerprint density at radius 2 is 1.62 bits per heavy atom. The van der Waals surface area contributed by atoms with Gasteiger partial charge in [0, 0.05) is 23.2 Å². The van der Waals surface area contributed by atoms with Crippen molar-refractivity contribution in [3.8, 4) is 0 Å². The zero-order valence-corrected chi connectivity index (χ0v) is 19.1. The van der Waals surface area contributed by atoms with Gasteiger partial charge in [-0.2, -0.15) is 0 Å². The topological polar surface area (TPSA) is 49.4 Å². The van der Waals surface area contributed by atoms with Gasteiger partial charge in [0.25, 0.3) is 0 Å². The van der Waals surface area contributed by atoms with E-state index in [1.54, 1.807) is 0 Å². The van der Waals surface area contributed by atoms with Crippen LogP contribution in [-0.4, -0.2) is 28.6 Å². The maximum Gasteiger partial charge on any atom is 0.247 e. The molecule has 2 aromatic carbocycles. The summed E-state index contributed by atoms with van der Waals surface area (Å²) in [4.78, 5) is 27.7. The molecule has 0 spiro atoms. The van der Waals surface area contributed by atoms with Crippen LogP contribution in [0.15, 0.2) is 42.5 Å². The summed E-state index contributed by atoms with van der Waals surface area (Å²) < 4.78 is 27.1. The number of nitrogens with one attached hydrogen (secondary N) is 1. The van der Waals surface area contributed by atoms with E-state index in [0.717, 1.165) is 44.6 Å². The number of hydrogen-bond acceptors (Lipinski definition) is 2.